The van der Waals surface area contributed by atoms with Gasteiger partial charge < -0.3 is 20.3 Å². The van der Waals surface area contributed by atoms with Crippen LogP contribution in [0.5, 0.6) is 0 Å². The zero-order valence-electron chi connectivity index (χ0n) is 22.0. The average molecular weight is 550 g/mol. The highest BCUT2D eigenvalue weighted by Crippen LogP contribution is 2.45. The fourth-order valence-electron chi connectivity index (χ4n) is 4.29. The molecule has 12 nitrogen and oxygen atoms in total. The van der Waals surface area contributed by atoms with Crippen molar-refractivity contribution in [2.75, 3.05) is 24.4 Å². The third-order valence-electron chi connectivity index (χ3n) is 6.41. The number of ether oxygens (including phenoxy) is 1. The summed E-state index contributed by atoms with van der Waals surface area (Å²) in [5, 5.41) is 5.07. The molecule has 3 atom stereocenters. The molecule has 1 aliphatic heterocycles. The minimum Gasteiger partial charge on any atom is -0.444 e. The van der Waals surface area contributed by atoms with Crippen molar-refractivity contribution in [1.82, 2.24) is 20.3 Å². The van der Waals surface area contributed by atoms with Crippen LogP contribution < -0.4 is 19.7 Å². The van der Waals surface area contributed by atoms with Crippen molar-refractivity contribution in [1.29, 1.82) is 0 Å². The Morgan fingerprint density at radius 1 is 1.21 bits per heavy atom. The zero-order chi connectivity index (χ0) is 28.3. The van der Waals surface area contributed by atoms with E-state index in [1.165, 1.54) is 18.0 Å². The van der Waals surface area contributed by atoms with Crippen LogP contribution in [0.3, 0.4) is 0 Å². The lowest BCUT2D eigenvalue weighted by molar-refractivity contribution is -0.139. The van der Waals surface area contributed by atoms with E-state index in [2.05, 4.69) is 21.9 Å². The number of rotatable bonds is 9. The summed E-state index contributed by atoms with van der Waals surface area (Å²) in [6.45, 7) is 8.71. The molecule has 1 aliphatic carbocycles. The molecule has 0 spiro atoms. The van der Waals surface area contributed by atoms with Gasteiger partial charge in [-0.05, 0) is 52.2 Å². The average Bonchev–Trinajstić information content (AvgIpc) is 3.33. The zero-order valence-corrected chi connectivity index (χ0v) is 22.8. The van der Waals surface area contributed by atoms with Crippen molar-refractivity contribution < 1.29 is 32.3 Å². The Labute approximate surface area is 222 Å². The van der Waals surface area contributed by atoms with Crippen molar-refractivity contribution in [3.05, 3.63) is 43.0 Å². The van der Waals surface area contributed by atoms with Gasteiger partial charge in [0, 0.05) is 19.5 Å². The number of hydrogen-bond donors (Lipinski definition) is 3. The molecule has 1 aromatic carbocycles. The number of nitrogens with one attached hydrogen (secondary N) is 3. The van der Waals surface area contributed by atoms with E-state index in [0.717, 1.165) is 4.31 Å². The first-order chi connectivity index (χ1) is 17.7. The number of benzene rings is 1. The molecule has 1 saturated heterocycles. The number of likely N-dealkylation sites (tertiary alicyclic amines) is 1. The Morgan fingerprint density at radius 2 is 1.87 bits per heavy atom. The third-order valence-corrected chi connectivity index (χ3v) is 7.79. The van der Waals surface area contributed by atoms with E-state index in [1.807, 2.05) is 0 Å². The van der Waals surface area contributed by atoms with Crippen LogP contribution in [-0.2, 0) is 29.3 Å². The molecule has 1 heterocycles. The Bertz CT molecular complexity index is 1200. The van der Waals surface area contributed by atoms with Crippen LogP contribution in [0, 0.1) is 5.92 Å². The Balaban J connectivity index is 1.66. The molecule has 38 heavy (non-hydrogen) atoms. The predicted octanol–water partition coefficient (Wildman–Crippen LogP) is 1.06. The van der Waals surface area contributed by atoms with Gasteiger partial charge in [0.1, 0.15) is 23.7 Å². The van der Waals surface area contributed by atoms with Crippen molar-refractivity contribution in [3.63, 3.8) is 0 Å². The molecular weight excluding hydrogens is 514 g/mol. The first kappa shape index (κ1) is 29.0. The molecule has 0 radical (unpaired) electrons. The molecule has 1 aromatic rings. The lowest BCUT2D eigenvalue weighted by atomic mass is 10.1. The van der Waals surface area contributed by atoms with Gasteiger partial charge in [-0.3, -0.25) is 18.7 Å². The first-order valence-electron chi connectivity index (χ1n) is 12.3. The number of carbonyl (C=O) groups is 4. The molecular formula is C25H35N5O7S. The predicted molar refractivity (Wildman–Crippen MR) is 140 cm³/mol. The van der Waals surface area contributed by atoms with Crippen LogP contribution in [0.2, 0.25) is 0 Å². The van der Waals surface area contributed by atoms with Gasteiger partial charge in [-0.2, -0.15) is 8.42 Å². The molecule has 4 amide bonds. The number of alkyl carbamates (subject to hydrolysis) is 1. The van der Waals surface area contributed by atoms with Gasteiger partial charge in [0.25, 0.3) is 5.91 Å². The molecule has 208 valence electrons. The Kier molecular flexibility index (Phi) is 8.39. The van der Waals surface area contributed by atoms with E-state index in [1.54, 1.807) is 51.1 Å². The topological polar surface area (TPSA) is 154 Å². The van der Waals surface area contributed by atoms with Crippen molar-refractivity contribution in [3.8, 4) is 0 Å². The summed E-state index contributed by atoms with van der Waals surface area (Å²) >= 11 is 0. The summed E-state index contributed by atoms with van der Waals surface area (Å²) in [4.78, 5) is 52.4. The smallest absolute Gasteiger partial charge is 0.408 e. The lowest BCUT2D eigenvalue weighted by Crippen LogP contribution is -2.58. The second-order valence-corrected chi connectivity index (χ2v) is 12.0. The third kappa shape index (κ3) is 6.63. The van der Waals surface area contributed by atoms with Crippen LogP contribution in [0.4, 0.5) is 10.5 Å². The molecule has 3 rings (SSSR count). The van der Waals surface area contributed by atoms with Crippen molar-refractivity contribution in [2.24, 2.45) is 5.92 Å². The van der Waals surface area contributed by atoms with Crippen molar-refractivity contribution >= 4 is 39.7 Å². The van der Waals surface area contributed by atoms with Crippen molar-refractivity contribution in [2.45, 2.75) is 57.2 Å². The second kappa shape index (κ2) is 11.0. The van der Waals surface area contributed by atoms with E-state index in [0.29, 0.717) is 25.1 Å². The monoisotopic (exact) mass is 549 g/mol. The molecule has 13 heteroatoms. The highest BCUT2D eigenvalue weighted by Gasteiger charge is 2.61. The molecule has 0 aromatic heterocycles. The second-order valence-electron chi connectivity index (χ2n) is 10.3. The van der Waals surface area contributed by atoms with Crippen LogP contribution in [0.25, 0.3) is 0 Å². The molecule has 1 saturated carbocycles. The quantitative estimate of drug-likeness (QED) is 0.389. The summed E-state index contributed by atoms with van der Waals surface area (Å²) in [6, 6.07) is 7.34. The maximum Gasteiger partial charge on any atom is 0.408 e. The van der Waals surface area contributed by atoms with Crippen LogP contribution >= 0.6 is 0 Å². The number of hydrogen-bond acceptors (Lipinski definition) is 7. The van der Waals surface area contributed by atoms with Crippen LogP contribution in [-0.4, -0.2) is 74.5 Å². The first-order valence-corrected chi connectivity index (χ1v) is 13.7. The standard InChI is InChI=1S/C25H35N5O7S/c1-6-17-15-25(17,22(33)28-38(35,36)29(5)18-11-8-7-9-12-18)27-21(32)19-13-10-14-30(19)20(31)16-26-23(34)37-24(2,3)4/h6-9,11-12,17,19H,1,10,13-16H2,2-5H3,(H,26,34)(H,27,32)(H,28,33)/t17?,19-,25+/m0/s1. The fraction of sp³-hybridized carbons (Fsp3) is 0.520. The Hall–Kier alpha value is -3.61. The van der Waals surface area contributed by atoms with E-state index in [-0.39, 0.29) is 13.0 Å². The maximum absolute atomic E-state index is 13.2. The van der Waals surface area contributed by atoms with Gasteiger partial charge in [0.2, 0.25) is 11.8 Å². The van der Waals surface area contributed by atoms with Crippen LogP contribution in [0.15, 0.2) is 43.0 Å². The highest BCUT2D eigenvalue weighted by molar-refractivity contribution is 7.91. The van der Waals surface area contributed by atoms with Gasteiger partial charge >= 0.3 is 16.3 Å². The van der Waals surface area contributed by atoms with E-state index < -0.39 is 57.1 Å². The molecule has 0 bridgehead atoms. The summed E-state index contributed by atoms with van der Waals surface area (Å²) in [5.41, 5.74) is -1.88. The maximum atomic E-state index is 13.2. The summed E-state index contributed by atoms with van der Waals surface area (Å²) in [7, 11) is -2.96. The van der Waals surface area contributed by atoms with Gasteiger partial charge in [0.05, 0.1) is 5.69 Å². The van der Waals surface area contributed by atoms with Gasteiger partial charge in [0.15, 0.2) is 0 Å². The van der Waals surface area contributed by atoms with Gasteiger partial charge in [-0.25, -0.2) is 9.52 Å². The van der Waals surface area contributed by atoms with Gasteiger partial charge in [-0.1, -0.05) is 24.3 Å². The van der Waals surface area contributed by atoms with Gasteiger partial charge in [-0.15, -0.1) is 6.58 Å². The molecule has 2 fully saturated rings. The fourth-order valence-corrected chi connectivity index (χ4v) is 5.24. The van der Waals surface area contributed by atoms with Crippen LogP contribution in [0.1, 0.15) is 40.0 Å². The van der Waals surface area contributed by atoms with E-state index in [9.17, 15) is 27.6 Å². The number of para-hydroxylation sites is 1. The SMILES string of the molecule is C=CC1C[C@]1(NC(=O)[C@@H]1CCCN1C(=O)CNC(=O)OC(C)(C)C)C(=O)NS(=O)(=O)N(C)c1ccccc1. The minimum atomic E-state index is -4.26. The molecule has 1 unspecified atom stereocenters. The number of carbonyl (C=O) groups excluding carboxylic acids is 4. The number of nitrogens with zero attached hydrogens (tertiary/aromatic N) is 2. The van der Waals surface area contributed by atoms with E-state index in [4.69, 9.17) is 4.74 Å². The summed E-state index contributed by atoms with van der Waals surface area (Å²) in [5.74, 6) is -2.43. The minimum absolute atomic E-state index is 0.166. The lowest BCUT2D eigenvalue weighted by Gasteiger charge is -2.27. The highest BCUT2D eigenvalue weighted by atomic mass is 32.2. The molecule has 3 N–H and O–H groups in total. The summed E-state index contributed by atoms with van der Waals surface area (Å²) in [6.07, 6.45) is 1.80. The Morgan fingerprint density at radius 3 is 2.45 bits per heavy atom. The largest absolute Gasteiger partial charge is 0.444 e. The molecule has 2 aliphatic rings. The summed E-state index contributed by atoms with van der Waals surface area (Å²) < 4.78 is 33.8. The number of amides is 4. The van der Waals surface area contributed by atoms with E-state index >= 15 is 0 Å². The normalized spacial score (nSPS) is 22.7. The number of anilines is 1.